The van der Waals surface area contributed by atoms with Crippen molar-refractivity contribution in [1.82, 2.24) is 29.6 Å². The van der Waals surface area contributed by atoms with Gasteiger partial charge in [-0.3, -0.25) is 9.58 Å². The first-order valence-corrected chi connectivity index (χ1v) is 14.8. The first kappa shape index (κ1) is 27.4. The lowest BCUT2D eigenvalue weighted by atomic mass is 10.0. The van der Waals surface area contributed by atoms with Crippen molar-refractivity contribution in [2.45, 2.75) is 38.5 Å². The minimum atomic E-state index is -0.484. The van der Waals surface area contributed by atoms with Crippen LogP contribution in [0.25, 0.3) is 22.2 Å². The Morgan fingerprint density at radius 1 is 1.02 bits per heavy atom. The van der Waals surface area contributed by atoms with Crippen molar-refractivity contribution in [1.29, 1.82) is 0 Å². The summed E-state index contributed by atoms with van der Waals surface area (Å²) < 4.78 is 23.0. The number of rotatable bonds is 7. The van der Waals surface area contributed by atoms with Gasteiger partial charge in [-0.2, -0.15) is 5.10 Å². The standard InChI is InChI=1S/C33H35FN8O/c1-21(2)32-25-15-23(9-11-27(25)39-40(32)3)31-26(34)17-36-33(38-31)37-30-12-10-24(16-35-30)42-19-28-29(20-42)43-14-13-41(28)18-22-7-5-4-6-8-22/h4-12,15-17,21,28-29H,13-14,18-20H2,1-3H3,(H,35,36,37,38). The van der Waals surface area contributed by atoms with Crippen molar-refractivity contribution >= 4 is 28.4 Å². The Morgan fingerprint density at radius 3 is 2.67 bits per heavy atom. The van der Waals surface area contributed by atoms with E-state index in [-0.39, 0.29) is 23.7 Å². The van der Waals surface area contributed by atoms with E-state index in [0.717, 1.165) is 55.1 Å². The minimum absolute atomic E-state index is 0.170. The maximum atomic E-state index is 15.0. The molecule has 0 aliphatic carbocycles. The number of fused-ring (bicyclic) bond motifs is 2. The molecule has 7 rings (SSSR count). The number of anilines is 3. The van der Waals surface area contributed by atoms with Crippen molar-refractivity contribution < 1.29 is 9.13 Å². The third kappa shape index (κ3) is 5.44. The predicted molar refractivity (Wildman–Crippen MR) is 166 cm³/mol. The van der Waals surface area contributed by atoms with Crippen molar-refractivity contribution in [2.24, 2.45) is 7.05 Å². The smallest absolute Gasteiger partial charge is 0.229 e. The molecule has 2 aromatic carbocycles. The number of aromatic nitrogens is 5. The fourth-order valence-electron chi connectivity index (χ4n) is 6.42. The van der Waals surface area contributed by atoms with Crippen LogP contribution >= 0.6 is 0 Å². The summed E-state index contributed by atoms with van der Waals surface area (Å²) in [6, 6.07) is 20.6. The van der Waals surface area contributed by atoms with E-state index in [4.69, 9.17) is 4.74 Å². The zero-order chi connectivity index (χ0) is 29.5. The molecule has 220 valence electrons. The summed E-state index contributed by atoms with van der Waals surface area (Å²) in [5.74, 6) is 0.660. The molecule has 2 aliphatic rings. The van der Waals surface area contributed by atoms with Crippen LogP contribution in [0.1, 0.15) is 31.0 Å². The molecule has 2 fully saturated rings. The van der Waals surface area contributed by atoms with E-state index < -0.39 is 5.82 Å². The molecule has 0 saturated carbocycles. The summed E-state index contributed by atoms with van der Waals surface area (Å²) in [6.45, 7) is 8.57. The molecule has 2 saturated heterocycles. The Labute approximate surface area is 250 Å². The lowest BCUT2D eigenvalue weighted by Gasteiger charge is -2.36. The second kappa shape index (κ2) is 11.3. The lowest BCUT2D eigenvalue weighted by Crippen LogP contribution is -2.50. The Bertz CT molecular complexity index is 1740. The van der Waals surface area contributed by atoms with Crippen LogP contribution in [-0.4, -0.2) is 68.0 Å². The second-order valence-corrected chi connectivity index (χ2v) is 11.6. The van der Waals surface area contributed by atoms with Crippen LogP contribution in [-0.2, 0) is 18.3 Å². The molecule has 1 N–H and O–H groups in total. The Kier molecular flexibility index (Phi) is 7.24. The molecule has 2 atom stereocenters. The number of hydrogen-bond donors (Lipinski definition) is 1. The van der Waals surface area contributed by atoms with Crippen LogP contribution < -0.4 is 10.2 Å². The number of hydrogen-bond acceptors (Lipinski definition) is 8. The Balaban J connectivity index is 1.06. The summed E-state index contributed by atoms with van der Waals surface area (Å²) in [5, 5.41) is 8.74. The van der Waals surface area contributed by atoms with Gasteiger partial charge in [0, 0.05) is 49.9 Å². The van der Waals surface area contributed by atoms with Crippen LogP contribution in [0.15, 0.2) is 73.1 Å². The van der Waals surface area contributed by atoms with E-state index in [9.17, 15) is 4.39 Å². The number of pyridine rings is 1. The molecule has 43 heavy (non-hydrogen) atoms. The molecule has 0 radical (unpaired) electrons. The molecule has 0 spiro atoms. The largest absolute Gasteiger partial charge is 0.373 e. The molecule has 0 amide bonds. The molecule has 10 heteroatoms. The summed E-state index contributed by atoms with van der Waals surface area (Å²) in [7, 11) is 1.94. The number of benzene rings is 2. The van der Waals surface area contributed by atoms with Gasteiger partial charge in [0.05, 0.1) is 42.4 Å². The van der Waals surface area contributed by atoms with Gasteiger partial charge in [-0.25, -0.2) is 19.3 Å². The molecule has 3 aromatic heterocycles. The number of nitrogens with zero attached hydrogens (tertiary/aromatic N) is 7. The summed E-state index contributed by atoms with van der Waals surface area (Å²) in [6.07, 6.45) is 3.22. The van der Waals surface area contributed by atoms with Crippen LogP contribution in [0.4, 0.5) is 21.8 Å². The molecule has 5 aromatic rings. The van der Waals surface area contributed by atoms with E-state index in [1.807, 2.05) is 48.3 Å². The van der Waals surface area contributed by atoms with E-state index >= 15 is 0 Å². The van der Waals surface area contributed by atoms with E-state index in [0.29, 0.717) is 17.4 Å². The summed E-state index contributed by atoms with van der Waals surface area (Å²) in [4.78, 5) is 18.2. The third-order valence-electron chi connectivity index (χ3n) is 8.44. The highest BCUT2D eigenvalue weighted by Crippen LogP contribution is 2.31. The van der Waals surface area contributed by atoms with Gasteiger partial charge in [-0.05, 0) is 35.7 Å². The van der Waals surface area contributed by atoms with Gasteiger partial charge in [-0.15, -0.1) is 0 Å². The molecular weight excluding hydrogens is 543 g/mol. The van der Waals surface area contributed by atoms with Crippen molar-refractivity contribution in [3.8, 4) is 11.3 Å². The summed E-state index contributed by atoms with van der Waals surface area (Å²) in [5.41, 5.74) is 5.24. The summed E-state index contributed by atoms with van der Waals surface area (Å²) >= 11 is 0. The van der Waals surface area contributed by atoms with Crippen LogP contribution in [0.2, 0.25) is 0 Å². The Hall–Kier alpha value is -4.41. The van der Waals surface area contributed by atoms with Gasteiger partial charge < -0.3 is 15.0 Å². The number of nitrogens with one attached hydrogen (secondary N) is 1. The number of ether oxygens (including phenoxy) is 1. The molecule has 0 bridgehead atoms. The van der Waals surface area contributed by atoms with Gasteiger partial charge in [0.1, 0.15) is 11.5 Å². The minimum Gasteiger partial charge on any atom is -0.373 e. The molecule has 9 nitrogen and oxygen atoms in total. The number of aryl methyl sites for hydroxylation is 1. The second-order valence-electron chi connectivity index (χ2n) is 11.6. The molecule has 2 unspecified atom stereocenters. The monoisotopic (exact) mass is 578 g/mol. The predicted octanol–water partition coefficient (Wildman–Crippen LogP) is 5.52. The van der Waals surface area contributed by atoms with Gasteiger partial charge in [0.2, 0.25) is 5.95 Å². The van der Waals surface area contributed by atoms with E-state index in [1.54, 1.807) is 0 Å². The van der Waals surface area contributed by atoms with E-state index in [1.165, 1.54) is 11.8 Å². The maximum Gasteiger partial charge on any atom is 0.229 e. The van der Waals surface area contributed by atoms with Gasteiger partial charge in [0.15, 0.2) is 5.82 Å². The van der Waals surface area contributed by atoms with Crippen LogP contribution in [0.5, 0.6) is 0 Å². The average Bonchev–Trinajstić information content (AvgIpc) is 3.60. The normalized spacial score (nSPS) is 18.9. The third-order valence-corrected chi connectivity index (χ3v) is 8.44. The Morgan fingerprint density at radius 2 is 1.88 bits per heavy atom. The maximum absolute atomic E-state index is 15.0. The van der Waals surface area contributed by atoms with Crippen LogP contribution in [0.3, 0.4) is 0 Å². The lowest BCUT2D eigenvalue weighted by molar-refractivity contribution is -0.0499. The van der Waals surface area contributed by atoms with Gasteiger partial charge >= 0.3 is 0 Å². The highest BCUT2D eigenvalue weighted by atomic mass is 19.1. The number of morpholine rings is 1. The highest BCUT2D eigenvalue weighted by Gasteiger charge is 2.40. The zero-order valence-corrected chi connectivity index (χ0v) is 24.6. The van der Waals surface area contributed by atoms with Crippen molar-refractivity contribution in [3.63, 3.8) is 0 Å². The fourth-order valence-corrected chi connectivity index (χ4v) is 6.42. The van der Waals surface area contributed by atoms with Crippen molar-refractivity contribution in [2.75, 3.05) is 36.5 Å². The fraction of sp³-hybridized carbons (Fsp3) is 0.333. The molecular formula is C33H35FN8O. The highest BCUT2D eigenvalue weighted by molar-refractivity contribution is 5.87. The molecule has 5 heterocycles. The van der Waals surface area contributed by atoms with E-state index in [2.05, 4.69) is 79.3 Å². The quantitative estimate of drug-likeness (QED) is 0.270. The SMILES string of the molecule is CC(C)c1c2cc(-c3nc(Nc4ccc(N5CC6OCCN(Cc7ccccc7)C6C5)cn4)ncc3F)ccc2nn1C. The zero-order valence-electron chi connectivity index (χ0n) is 24.6. The van der Waals surface area contributed by atoms with Gasteiger partial charge in [-0.1, -0.05) is 50.2 Å². The average molecular weight is 579 g/mol. The topological polar surface area (TPSA) is 84.2 Å². The van der Waals surface area contributed by atoms with Crippen molar-refractivity contribution in [3.05, 3.63) is 90.1 Å². The molecule has 2 aliphatic heterocycles. The van der Waals surface area contributed by atoms with Crippen LogP contribution in [0, 0.1) is 5.82 Å². The van der Waals surface area contributed by atoms with Gasteiger partial charge in [0.25, 0.3) is 0 Å². The number of halogens is 1. The first-order valence-electron chi connectivity index (χ1n) is 14.8. The first-order chi connectivity index (χ1) is 20.9.